The third kappa shape index (κ3) is 6.22. The maximum absolute atomic E-state index is 5.24. The molecular weight excluding hydrogens is 581 g/mol. The molecule has 0 radical (unpaired) electrons. The number of aryl methyl sites for hydroxylation is 6. The SMILES string of the molecule is Cc1cc(C)c(-c2cc(-c3cccc(-c4cc(-c5ccccc5)nc(-c5c(C)cc(C)cc5C)c4)c3)cc(-c3ccccc3)n2)c(C)c1. The zero-order chi connectivity index (χ0) is 33.4. The maximum atomic E-state index is 5.24. The van der Waals surface area contributed by atoms with Gasteiger partial charge in [-0.1, -0.05) is 114 Å². The van der Waals surface area contributed by atoms with Gasteiger partial charge in [-0.2, -0.15) is 0 Å². The Balaban J connectivity index is 1.41. The van der Waals surface area contributed by atoms with E-state index in [0.717, 1.165) is 56.2 Å². The summed E-state index contributed by atoms with van der Waals surface area (Å²) in [7, 11) is 0. The van der Waals surface area contributed by atoms with Crippen molar-refractivity contribution in [1.29, 1.82) is 0 Å². The predicted octanol–water partition coefficient (Wildman–Crippen LogP) is 12.3. The fraction of sp³-hybridized carbons (Fsp3) is 0.130. The quantitative estimate of drug-likeness (QED) is 0.185. The first-order valence-electron chi connectivity index (χ1n) is 16.7. The summed E-state index contributed by atoms with van der Waals surface area (Å²) in [5.41, 5.74) is 20.6. The molecule has 0 saturated carbocycles. The molecule has 0 spiro atoms. The Morgan fingerprint density at radius 1 is 0.292 bits per heavy atom. The highest BCUT2D eigenvalue weighted by atomic mass is 14.7. The van der Waals surface area contributed by atoms with Gasteiger partial charge in [-0.05, 0) is 116 Å². The van der Waals surface area contributed by atoms with E-state index in [1.165, 1.54) is 44.5 Å². The molecule has 5 aromatic carbocycles. The lowest BCUT2D eigenvalue weighted by molar-refractivity contribution is 1.26. The smallest absolute Gasteiger partial charge is 0.0721 e. The molecule has 2 aromatic heterocycles. The molecule has 0 aliphatic heterocycles. The second-order valence-corrected chi connectivity index (χ2v) is 13.1. The maximum Gasteiger partial charge on any atom is 0.0721 e. The lowest BCUT2D eigenvalue weighted by Crippen LogP contribution is -1.96. The van der Waals surface area contributed by atoms with Crippen LogP contribution in [0.5, 0.6) is 0 Å². The van der Waals surface area contributed by atoms with Crippen LogP contribution in [0.4, 0.5) is 0 Å². The topological polar surface area (TPSA) is 25.8 Å². The molecule has 234 valence electrons. The summed E-state index contributed by atoms with van der Waals surface area (Å²) in [6, 6.07) is 47.8. The lowest BCUT2D eigenvalue weighted by Gasteiger charge is -2.16. The number of hydrogen-bond acceptors (Lipinski definition) is 2. The van der Waals surface area contributed by atoms with Gasteiger partial charge in [-0.15, -0.1) is 0 Å². The van der Waals surface area contributed by atoms with Crippen LogP contribution in [0, 0.1) is 41.5 Å². The molecule has 48 heavy (non-hydrogen) atoms. The summed E-state index contributed by atoms with van der Waals surface area (Å²) in [5.74, 6) is 0. The molecular formula is C46H40N2. The van der Waals surface area contributed by atoms with Gasteiger partial charge in [-0.3, -0.25) is 0 Å². The van der Waals surface area contributed by atoms with Crippen molar-refractivity contribution in [3.8, 4) is 67.3 Å². The van der Waals surface area contributed by atoms with Crippen LogP contribution in [0.2, 0.25) is 0 Å². The average molecular weight is 621 g/mol. The Hall–Kier alpha value is -5.60. The molecule has 7 rings (SSSR count). The molecule has 7 aromatic rings. The molecule has 0 bridgehead atoms. The first-order valence-corrected chi connectivity index (χ1v) is 16.7. The molecule has 2 heteroatoms. The first kappa shape index (κ1) is 31.0. The van der Waals surface area contributed by atoms with Crippen molar-refractivity contribution < 1.29 is 0 Å². The highest BCUT2D eigenvalue weighted by molar-refractivity contribution is 5.83. The minimum Gasteiger partial charge on any atom is -0.248 e. The molecule has 2 heterocycles. The van der Waals surface area contributed by atoms with Crippen molar-refractivity contribution in [3.05, 3.63) is 167 Å². The van der Waals surface area contributed by atoms with Gasteiger partial charge in [0.25, 0.3) is 0 Å². The molecule has 0 aliphatic carbocycles. The number of rotatable bonds is 6. The lowest BCUT2D eigenvalue weighted by atomic mass is 9.92. The van der Waals surface area contributed by atoms with E-state index in [2.05, 4.69) is 175 Å². The van der Waals surface area contributed by atoms with Gasteiger partial charge in [0.2, 0.25) is 0 Å². The van der Waals surface area contributed by atoms with E-state index in [9.17, 15) is 0 Å². The van der Waals surface area contributed by atoms with E-state index >= 15 is 0 Å². The van der Waals surface area contributed by atoms with Crippen LogP contribution < -0.4 is 0 Å². The molecule has 0 aliphatic rings. The van der Waals surface area contributed by atoms with E-state index in [1.807, 2.05) is 0 Å². The Labute approximate surface area is 284 Å². The molecule has 0 atom stereocenters. The molecule has 0 unspecified atom stereocenters. The summed E-state index contributed by atoms with van der Waals surface area (Å²) >= 11 is 0. The van der Waals surface area contributed by atoms with Gasteiger partial charge in [0, 0.05) is 22.3 Å². The van der Waals surface area contributed by atoms with E-state index in [0.29, 0.717) is 0 Å². The van der Waals surface area contributed by atoms with Crippen LogP contribution in [-0.4, -0.2) is 9.97 Å². The van der Waals surface area contributed by atoms with E-state index in [-0.39, 0.29) is 0 Å². The molecule has 0 saturated heterocycles. The number of aromatic nitrogens is 2. The Bertz CT molecular complexity index is 2080. The Kier molecular flexibility index (Phi) is 8.33. The standard InChI is InChI=1S/C46H40N2/c1-29-20-31(3)45(32(4)21-29)43-27-39(25-41(47-43)35-14-9-7-10-15-35)37-18-13-19-38(24-37)40-26-42(36-16-11-8-12-17-36)48-44(28-40)46-33(5)22-30(2)23-34(46)6/h7-28H,1-6H3. The average Bonchev–Trinajstić information content (AvgIpc) is 3.08. The van der Waals surface area contributed by atoms with Crippen molar-refractivity contribution in [2.45, 2.75) is 41.5 Å². The third-order valence-corrected chi connectivity index (χ3v) is 9.19. The highest BCUT2D eigenvalue weighted by Gasteiger charge is 2.16. The second-order valence-electron chi connectivity index (χ2n) is 13.1. The molecule has 0 amide bonds. The number of hydrogen-bond donors (Lipinski definition) is 0. The molecule has 0 fully saturated rings. The van der Waals surface area contributed by atoms with Crippen LogP contribution in [-0.2, 0) is 0 Å². The van der Waals surface area contributed by atoms with Crippen LogP contribution in [0.1, 0.15) is 33.4 Å². The first-order chi connectivity index (χ1) is 23.2. The van der Waals surface area contributed by atoms with Gasteiger partial charge in [0.1, 0.15) is 0 Å². The monoisotopic (exact) mass is 620 g/mol. The van der Waals surface area contributed by atoms with E-state index < -0.39 is 0 Å². The summed E-state index contributed by atoms with van der Waals surface area (Å²) in [4.78, 5) is 10.5. The highest BCUT2D eigenvalue weighted by Crippen LogP contribution is 2.37. The summed E-state index contributed by atoms with van der Waals surface area (Å²) < 4.78 is 0. The second kappa shape index (κ2) is 12.9. The predicted molar refractivity (Wildman–Crippen MR) is 203 cm³/mol. The minimum absolute atomic E-state index is 0.968. The van der Waals surface area contributed by atoms with Crippen molar-refractivity contribution in [1.82, 2.24) is 9.97 Å². The third-order valence-electron chi connectivity index (χ3n) is 9.19. The van der Waals surface area contributed by atoms with Crippen molar-refractivity contribution in [3.63, 3.8) is 0 Å². The zero-order valence-corrected chi connectivity index (χ0v) is 28.6. The largest absolute Gasteiger partial charge is 0.248 e. The normalized spacial score (nSPS) is 11.1. The molecule has 2 nitrogen and oxygen atoms in total. The van der Waals surface area contributed by atoms with Crippen molar-refractivity contribution in [2.24, 2.45) is 0 Å². The fourth-order valence-electron chi connectivity index (χ4n) is 7.21. The van der Waals surface area contributed by atoms with Gasteiger partial charge in [0.05, 0.1) is 22.8 Å². The molecule has 0 N–H and O–H groups in total. The minimum atomic E-state index is 0.968. The fourth-order valence-corrected chi connectivity index (χ4v) is 7.21. The van der Waals surface area contributed by atoms with Crippen molar-refractivity contribution in [2.75, 3.05) is 0 Å². The van der Waals surface area contributed by atoms with Crippen LogP contribution in [0.15, 0.2) is 133 Å². The number of pyridine rings is 2. The van der Waals surface area contributed by atoms with E-state index in [1.54, 1.807) is 0 Å². The van der Waals surface area contributed by atoms with Crippen LogP contribution in [0.3, 0.4) is 0 Å². The van der Waals surface area contributed by atoms with Gasteiger partial charge in [0.15, 0.2) is 0 Å². The number of benzene rings is 5. The Morgan fingerprint density at radius 2 is 0.625 bits per heavy atom. The zero-order valence-electron chi connectivity index (χ0n) is 28.6. The van der Waals surface area contributed by atoms with Gasteiger partial charge >= 0.3 is 0 Å². The van der Waals surface area contributed by atoms with Gasteiger partial charge in [-0.25, -0.2) is 9.97 Å². The van der Waals surface area contributed by atoms with Crippen LogP contribution in [0.25, 0.3) is 67.3 Å². The summed E-state index contributed by atoms with van der Waals surface area (Å²) in [6.07, 6.45) is 0. The van der Waals surface area contributed by atoms with Crippen molar-refractivity contribution >= 4 is 0 Å². The van der Waals surface area contributed by atoms with E-state index in [4.69, 9.17) is 9.97 Å². The summed E-state index contributed by atoms with van der Waals surface area (Å²) in [6.45, 7) is 13.1. The number of nitrogens with zero attached hydrogens (tertiary/aromatic N) is 2. The van der Waals surface area contributed by atoms with Crippen LogP contribution >= 0.6 is 0 Å². The summed E-state index contributed by atoms with van der Waals surface area (Å²) in [5, 5.41) is 0. The van der Waals surface area contributed by atoms with Gasteiger partial charge < -0.3 is 0 Å². The Morgan fingerprint density at radius 3 is 1.00 bits per heavy atom.